The van der Waals surface area contributed by atoms with Crippen molar-refractivity contribution in [3.8, 4) is 0 Å². The van der Waals surface area contributed by atoms with Gasteiger partial charge in [-0.05, 0) is 19.3 Å². The Morgan fingerprint density at radius 1 is 0.545 bits per heavy atom. The quantitative estimate of drug-likeness (QED) is 0.233. The summed E-state index contributed by atoms with van der Waals surface area (Å²) >= 11 is 0. The van der Waals surface area contributed by atoms with Crippen LogP contribution in [0.5, 0.6) is 0 Å². The molecule has 0 aromatic carbocycles. The van der Waals surface area contributed by atoms with Crippen LogP contribution in [0.4, 0.5) is 0 Å². The van der Waals surface area contributed by atoms with E-state index in [1.807, 2.05) is 0 Å². The second kappa shape index (κ2) is 18.4. The Morgan fingerprint density at radius 3 is 1.09 bits per heavy atom. The minimum absolute atomic E-state index is 0.154. The summed E-state index contributed by atoms with van der Waals surface area (Å²) < 4.78 is 0. The highest BCUT2D eigenvalue weighted by Crippen LogP contribution is 2.14. The lowest BCUT2D eigenvalue weighted by molar-refractivity contribution is -0.118. The fourth-order valence-electron chi connectivity index (χ4n) is 2.95. The van der Waals surface area contributed by atoms with Gasteiger partial charge in [0.25, 0.3) is 0 Å². The first-order valence-corrected chi connectivity index (χ1v) is 9.85. The van der Waals surface area contributed by atoms with Crippen molar-refractivity contribution in [2.24, 2.45) is 5.73 Å². The fourth-order valence-corrected chi connectivity index (χ4v) is 2.95. The van der Waals surface area contributed by atoms with Gasteiger partial charge in [0.2, 0.25) is 5.91 Å². The van der Waals surface area contributed by atoms with Crippen LogP contribution in [0.3, 0.4) is 0 Å². The van der Waals surface area contributed by atoms with E-state index in [9.17, 15) is 4.79 Å². The highest BCUT2D eigenvalue weighted by Gasteiger charge is 1.96. The number of rotatable bonds is 18. The zero-order valence-corrected chi connectivity index (χ0v) is 14.9. The van der Waals surface area contributed by atoms with Crippen molar-refractivity contribution in [2.45, 2.75) is 116 Å². The van der Waals surface area contributed by atoms with Gasteiger partial charge < -0.3 is 5.73 Å². The molecule has 2 N–H and O–H groups in total. The Labute approximate surface area is 139 Å². The van der Waals surface area contributed by atoms with Crippen molar-refractivity contribution in [1.29, 1.82) is 0 Å². The lowest BCUT2D eigenvalue weighted by atomic mass is 10.0. The van der Waals surface area contributed by atoms with Crippen molar-refractivity contribution in [2.75, 3.05) is 0 Å². The van der Waals surface area contributed by atoms with E-state index in [1.165, 1.54) is 89.9 Å². The average molecular weight is 311 g/mol. The molecule has 0 aliphatic heterocycles. The average Bonchev–Trinajstić information content (AvgIpc) is 2.50. The summed E-state index contributed by atoms with van der Waals surface area (Å²) in [5.41, 5.74) is 5.12. The largest absolute Gasteiger partial charge is 0.370 e. The van der Waals surface area contributed by atoms with Gasteiger partial charge in [0, 0.05) is 6.42 Å². The predicted molar refractivity (Wildman–Crippen MR) is 97.7 cm³/mol. The molecule has 0 unspecified atom stereocenters. The van der Waals surface area contributed by atoms with E-state index in [1.54, 1.807) is 0 Å². The van der Waals surface area contributed by atoms with E-state index in [-0.39, 0.29) is 5.91 Å². The van der Waals surface area contributed by atoms with E-state index in [0.717, 1.165) is 19.3 Å². The van der Waals surface area contributed by atoms with Crippen molar-refractivity contribution < 1.29 is 4.79 Å². The van der Waals surface area contributed by atoms with Gasteiger partial charge in [0.15, 0.2) is 0 Å². The highest BCUT2D eigenvalue weighted by atomic mass is 16.1. The first kappa shape index (κ1) is 21.3. The van der Waals surface area contributed by atoms with Gasteiger partial charge in [-0.2, -0.15) is 0 Å². The number of carbonyl (C=O) groups excluding carboxylic acids is 1. The molecule has 130 valence electrons. The third-order valence-corrected chi connectivity index (χ3v) is 4.42. The molecule has 0 radical (unpaired) electrons. The van der Waals surface area contributed by atoms with Gasteiger partial charge in [-0.1, -0.05) is 83.5 Å². The molecule has 2 nitrogen and oxygen atoms in total. The van der Waals surface area contributed by atoms with Crippen LogP contribution in [0.25, 0.3) is 0 Å². The van der Waals surface area contributed by atoms with E-state index >= 15 is 0 Å². The molecule has 1 amide bonds. The molecule has 0 aliphatic rings. The number of hydrogen-bond acceptors (Lipinski definition) is 1. The van der Waals surface area contributed by atoms with Gasteiger partial charge in [-0.15, -0.1) is 0 Å². The van der Waals surface area contributed by atoms with Crippen molar-refractivity contribution >= 4 is 5.91 Å². The molecule has 22 heavy (non-hydrogen) atoms. The summed E-state index contributed by atoms with van der Waals surface area (Å²) in [5.74, 6) is -0.154. The second-order valence-electron chi connectivity index (χ2n) is 6.73. The summed E-state index contributed by atoms with van der Waals surface area (Å²) in [6, 6.07) is 0. The van der Waals surface area contributed by atoms with Crippen LogP contribution >= 0.6 is 0 Å². The van der Waals surface area contributed by atoms with Crippen molar-refractivity contribution in [3.05, 3.63) is 6.92 Å². The van der Waals surface area contributed by atoms with Crippen LogP contribution in [-0.2, 0) is 4.79 Å². The molecule has 0 heterocycles. The maximum atomic E-state index is 10.6. The number of carbonyl (C=O) groups is 1. The lowest BCUT2D eigenvalue weighted by Gasteiger charge is -2.03. The number of nitrogens with two attached hydrogens (primary N) is 1. The molecule has 0 fully saturated rings. The molecule has 0 spiro atoms. The Kier molecular flexibility index (Phi) is 17.8. The molecule has 2 heteroatoms. The fraction of sp³-hybridized carbons (Fsp3) is 0.900. The highest BCUT2D eigenvalue weighted by molar-refractivity contribution is 5.73. The summed E-state index contributed by atoms with van der Waals surface area (Å²) in [7, 11) is 0. The van der Waals surface area contributed by atoms with Gasteiger partial charge >= 0.3 is 0 Å². The van der Waals surface area contributed by atoms with Crippen molar-refractivity contribution in [3.63, 3.8) is 0 Å². The van der Waals surface area contributed by atoms with Crippen LogP contribution in [-0.4, -0.2) is 5.91 Å². The molecule has 0 aliphatic carbocycles. The third-order valence-electron chi connectivity index (χ3n) is 4.42. The smallest absolute Gasteiger partial charge is 0.217 e. The maximum Gasteiger partial charge on any atom is 0.217 e. The molecular formula is C20H40NO+. The lowest BCUT2D eigenvalue weighted by Crippen LogP contribution is -2.09. The minimum atomic E-state index is -0.154. The van der Waals surface area contributed by atoms with Crippen LogP contribution in [0.15, 0.2) is 0 Å². The monoisotopic (exact) mass is 310 g/mol. The van der Waals surface area contributed by atoms with Gasteiger partial charge in [-0.3, -0.25) is 4.79 Å². The molecule has 0 bridgehead atoms. The second-order valence-corrected chi connectivity index (χ2v) is 6.73. The van der Waals surface area contributed by atoms with Crippen LogP contribution in [0.1, 0.15) is 116 Å². The molecule has 0 aromatic rings. The summed E-state index contributed by atoms with van der Waals surface area (Å²) in [6.45, 7) is 3.88. The summed E-state index contributed by atoms with van der Waals surface area (Å²) in [5, 5.41) is 0. The number of primary amides is 1. The standard InChI is InChI=1S/C20H39NO/c1-2-3-4-5-6-7-8-9-10-11-12-13-14-15-16-17-18-19-20(21)22/h1-19H2,(H-,21,22)/p+1. The number of unbranched alkanes of at least 4 members (excludes halogenated alkanes) is 16. The van der Waals surface area contributed by atoms with Crippen molar-refractivity contribution in [1.82, 2.24) is 0 Å². The van der Waals surface area contributed by atoms with E-state index in [4.69, 9.17) is 5.73 Å². The molecule has 0 rings (SSSR count). The van der Waals surface area contributed by atoms with Crippen LogP contribution < -0.4 is 5.73 Å². The Morgan fingerprint density at radius 2 is 0.818 bits per heavy atom. The normalized spacial score (nSPS) is 10.9. The van der Waals surface area contributed by atoms with E-state index < -0.39 is 0 Å². The molecule has 0 atom stereocenters. The number of hydrogen-bond donors (Lipinski definition) is 1. The molecule has 0 aromatic heterocycles. The summed E-state index contributed by atoms with van der Waals surface area (Å²) in [4.78, 5) is 10.6. The Hall–Kier alpha value is -0.660. The Bertz CT molecular complexity index is 228. The van der Waals surface area contributed by atoms with Crippen LogP contribution in [0, 0.1) is 6.92 Å². The van der Waals surface area contributed by atoms with Gasteiger partial charge in [0.05, 0.1) is 13.3 Å². The van der Waals surface area contributed by atoms with Crippen LogP contribution in [0.2, 0.25) is 0 Å². The molecular weight excluding hydrogens is 270 g/mol. The first-order chi connectivity index (χ1) is 10.8. The first-order valence-electron chi connectivity index (χ1n) is 9.85. The minimum Gasteiger partial charge on any atom is -0.370 e. The SMILES string of the molecule is [CH2+]CCCCCCCCCCCCCCCCCCC(N)=O. The topological polar surface area (TPSA) is 43.1 Å². The number of amides is 1. The molecule has 0 saturated carbocycles. The molecule has 0 saturated heterocycles. The summed E-state index contributed by atoms with van der Waals surface area (Å²) in [6.07, 6.45) is 23.2. The zero-order chi connectivity index (χ0) is 16.3. The zero-order valence-electron chi connectivity index (χ0n) is 14.9. The van der Waals surface area contributed by atoms with Gasteiger partial charge in [0.1, 0.15) is 0 Å². The predicted octanol–water partition coefficient (Wildman–Crippen LogP) is 6.33. The van der Waals surface area contributed by atoms with Gasteiger partial charge in [-0.25, -0.2) is 0 Å². The third kappa shape index (κ3) is 19.3. The van der Waals surface area contributed by atoms with E-state index in [0.29, 0.717) is 6.42 Å². The van der Waals surface area contributed by atoms with E-state index in [2.05, 4.69) is 6.92 Å². The Balaban J connectivity index is 2.95. The maximum absolute atomic E-state index is 10.6.